The number of nitro benzene ring substituents is 1. The average molecular weight is 244 g/mol. The molecule has 0 unspecified atom stereocenters. The Hall–Kier alpha value is -2.16. The zero-order chi connectivity index (χ0) is 12.3. The topological polar surface area (TPSA) is 146 Å². The Labute approximate surface area is 88.8 Å². The Bertz CT molecular complexity index is 589. The van der Waals surface area contributed by atoms with E-state index in [1.54, 1.807) is 0 Å². The first-order valence-electron chi connectivity index (χ1n) is 3.67. The highest BCUT2D eigenvalue weighted by Gasteiger charge is 2.19. The Balaban J connectivity index is 3.57. The van der Waals surface area contributed by atoms with Crippen molar-refractivity contribution in [1.29, 1.82) is 0 Å². The molecule has 1 N–H and O–H groups in total. The van der Waals surface area contributed by atoms with Gasteiger partial charge in [0.2, 0.25) is 0 Å². The molecule has 0 heterocycles. The summed E-state index contributed by atoms with van der Waals surface area (Å²) in [5.74, 6) is 0. The Kier molecular flexibility index (Phi) is 3.09. The molecule has 1 rings (SSSR count). The summed E-state index contributed by atoms with van der Waals surface area (Å²) in [6.45, 7) is 0. The second kappa shape index (κ2) is 4.14. The van der Waals surface area contributed by atoms with E-state index in [1.165, 1.54) is 0 Å². The van der Waals surface area contributed by atoms with Gasteiger partial charge >= 0.3 is 0 Å². The molecule has 0 spiro atoms. The van der Waals surface area contributed by atoms with Gasteiger partial charge in [-0.05, 0) is 11.6 Å². The van der Waals surface area contributed by atoms with Crippen molar-refractivity contribution < 1.29 is 17.9 Å². The summed E-state index contributed by atoms with van der Waals surface area (Å²) in [5.41, 5.74) is 7.19. The highest BCUT2D eigenvalue weighted by atomic mass is 32.2. The van der Waals surface area contributed by atoms with E-state index in [0.29, 0.717) is 6.07 Å². The fourth-order valence-electron chi connectivity index (χ4n) is 0.954. The molecule has 0 aliphatic carbocycles. The van der Waals surface area contributed by atoms with Crippen LogP contribution in [-0.2, 0) is 10.1 Å². The van der Waals surface area contributed by atoms with Gasteiger partial charge in [0.15, 0.2) is 0 Å². The molecule has 1 aromatic rings. The zero-order valence-electron chi connectivity index (χ0n) is 7.51. The van der Waals surface area contributed by atoms with E-state index in [4.69, 9.17) is 10.1 Å². The fraction of sp³-hybridized carbons (Fsp3) is 0. The molecule has 0 bridgehead atoms. The summed E-state index contributed by atoms with van der Waals surface area (Å²) in [7, 11) is -4.68. The number of nitrogens with zero attached hydrogens (tertiary/aromatic N) is 4. The van der Waals surface area contributed by atoms with Gasteiger partial charge in [-0.2, -0.15) is 8.42 Å². The maximum Gasteiger partial charge on any atom is 0.295 e. The van der Waals surface area contributed by atoms with Gasteiger partial charge in [0, 0.05) is 17.0 Å². The van der Waals surface area contributed by atoms with Crippen LogP contribution >= 0.6 is 0 Å². The van der Waals surface area contributed by atoms with Crippen molar-refractivity contribution in [3.63, 3.8) is 0 Å². The predicted molar refractivity (Wildman–Crippen MR) is 51.7 cm³/mol. The molecule has 1 aromatic carbocycles. The molecule has 0 amide bonds. The number of hydrogen-bond acceptors (Lipinski definition) is 5. The first-order chi connectivity index (χ1) is 7.36. The van der Waals surface area contributed by atoms with Crippen molar-refractivity contribution in [3.8, 4) is 0 Å². The van der Waals surface area contributed by atoms with E-state index in [0.717, 1.165) is 12.1 Å². The van der Waals surface area contributed by atoms with Crippen LogP contribution in [0.5, 0.6) is 0 Å². The minimum Gasteiger partial charge on any atom is -0.282 e. The predicted octanol–water partition coefficient (Wildman–Crippen LogP) is 1.78. The van der Waals surface area contributed by atoms with E-state index in [1.807, 2.05) is 0 Å². The molecule has 0 atom stereocenters. The largest absolute Gasteiger partial charge is 0.295 e. The van der Waals surface area contributed by atoms with Gasteiger partial charge in [-0.3, -0.25) is 14.7 Å². The molecule has 0 aliphatic heterocycles. The van der Waals surface area contributed by atoms with Crippen molar-refractivity contribution in [2.24, 2.45) is 5.11 Å². The normalized spacial score (nSPS) is 10.6. The van der Waals surface area contributed by atoms with Crippen LogP contribution in [0, 0.1) is 10.1 Å². The molecular weight excluding hydrogens is 240 g/mol. The molecule has 0 aromatic heterocycles. The maximum absolute atomic E-state index is 10.9. The summed E-state index contributed by atoms with van der Waals surface area (Å²) in [6.07, 6.45) is 0. The van der Waals surface area contributed by atoms with Gasteiger partial charge < -0.3 is 0 Å². The van der Waals surface area contributed by atoms with Crippen molar-refractivity contribution in [3.05, 3.63) is 38.8 Å². The van der Waals surface area contributed by atoms with Crippen LogP contribution < -0.4 is 0 Å². The van der Waals surface area contributed by atoms with Crippen molar-refractivity contribution in [2.45, 2.75) is 4.90 Å². The summed E-state index contributed by atoms with van der Waals surface area (Å²) in [5, 5.41) is 13.4. The molecule has 0 radical (unpaired) electrons. The first-order valence-corrected chi connectivity index (χ1v) is 5.11. The minimum atomic E-state index is -4.68. The third-order valence-electron chi connectivity index (χ3n) is 1.58. The summed E-state index contributed by atoms with van der Waals surface area (Å²) in [6, 6.07) is 2.50. The Morgan fingerprint density at radius 2 is 2.12 bits per heavy atom. The molecule has 9 nitrogen and oxygen atoms in total. The van der Waals surface area contributed by atoms with E-state index in [2.05, 4.69) is 10.0 Å². The van der Waals surface area contributed by atoms with Gasteiger partial charge in [-0.25, -0.2) is 0 Å². The molecule has 0 saturated heterocycles. The van der Waals surface area contributed by atoms with E-state index >= 15 is 0 Å². The highest BCUT2D eigenvalue weighted by molar-refractivity contribution is 7.86. The first kappa shape index (κ1) is 11.9. The van der Waals surface area contributed by atoms with Crippen LogP contribution in [0.3, 0.4) is 0 Å². The van der Waals surface area contributed by atoms with Crippen LogP contribution in [0.25, 0.3) is 10.4 Å². The van der Waals surface area contributed by atoms with Gasteiger partial charge in [0.1, 0.15) is 4.90 Å². The van der Waals surface area contributed by atoms with Gasteiger partial charge in [0.05, 0.1) is 10.6 Å². The van der Waals surface area contributed by atoms with Gasteiger partial charge in [-0.1, -0.05) is 5.11 Å². The molecule has 84 valence electrons. The highest BCUT2D eigenvalue weighted by Crippen LogP contribution is 2.28. The van der Waals surface area contributed by atoms with Crippen LogP contribution in [0.15, 0.2) is 28.2 Å². The van der Waals surface area contributed by atoms with Crippen LogP contribution in [0.1, 0.15) is 0 Å². The minimum absolute atomic E-state index is 0.407. The lowest BCUT2D eigenvalue weighted by Gasteiger charge is -2.00. The average Bonchev–Trinajstić information content (AvgIpc) is 2.16. The van der Waals surface area contributed by atoms with Gasteiger partial charge in [-0.15, -0.1) is 0 Å². The molecule has 0 aliphatic rings. The monoisotopic (exact) mass is 244 g/mol. The fourth-order valence-corrected chi connectivity index (χ4v) is 1.60. The number of non-ortho nitro benzene ring substituents is 1. The number of nitro groups is 1. The van der Waals surface area contributed by atoms with Crippen molar-refractivity contribution in [2.75, 3.05) is 0 Å². The number of rotatable bonds is 3. The molecule has 16 heavy (non-hydrogen) atoms. The lowest BCUT2D eigenvalue weighted by atomic mass is 10.3. The number of hydrogen-bond donors (Lipinski definition) is 1. The summed E-state index contributed by atoms with van der Waals surface area (Å²) in [4.78, 5) is 11.1. The van der Waals surface area contributed by atoms with Crippen LogP contribution in [-0.4, -0.2) is 17.9 Å². The third kappa shape index (κ3) is 2.45. The Morgan fingerprint density at radius 3 is 2.56 bits per heavy atom. The summed E-state index contributed by atoms with van der Waals surface area (Å²) < 4.78 is 30.5. The summed E-state index contributed by atoms with van der Waals surface area (Å²) >= 11 is 0. The smallest absolute Gasteiger partial charge is 0.282 e. The second-order valence-corrected chi connectivity index (χ2v) is 3.96. The lowest BCUT2D eigenvalue weighted by molar-refractivity contribution is -0.385. The van der Waals surface area contributed by atoms with E-state index in [9.17, 15) is 18.5 Å². The van der Waals surface area contributed by atoms with Gasteiger partial charge in [0.25, 0.3) is 15.8 Å². The van der Waals surface area contributed by atoms with Crippen LogP contribution in [0.2, 0.25) is 0 Å². The number of benzene rings is 1. The molecular formula is C6H4N4O5S. The third-order valence-corrected chi connectivity index (χ3v) is 2.47. The zero-order valence-corrected chi connectivity index (χ0v) is 8.33. The molecule has 10 heteroatoms. The standard InChI is InChI=1S/C6H4N4O5S/c7-9-8-5-2-1-4(10(11)12)3-6(5)16(13,14)15/h1-3H,(H,13,14,15). The molecule has 0 saturated carbocycles. The quantitative estimate of drug-likeness (QED) is 0.215. The number of azide groups is 1. The molecule has 0 fully saturated rings. The lowest BCUT2D eigenvalue weighted by Crippen LogP contribution is -1.99. The Morgan fingerprint density at radius 1 is 1.50 bits per heavy atom. The second-order valence-electron chi connectivity index (χ2n) is 2.57. The van der Waals surface area contributed by atoms with E-state index in [-0.39, 0.29) is 0 Å². The maximum atomic E-state index is 10.9. The van der Waals surface area contributed by atoms with Crippen LogP contribution in [0.4, 0.5) is 11.4 Å². The van der Waals surface area contributed by atoms with E-state index < -0.39 is 31.3 Å². The van der Waals surface area contributed by atoms with Crippen molar-refractivity contribution >= 4 is 21.5 Å². The van der Waals surface area contributed by atoms with Crippen molar-refractivity contribution in [1.82, 2.24) is 0 Å². The SMILES string of the molecule is [N-]=[N+]=Nc1ccc([N+](=O)[O-])cc1S(=O)(=O)O.